The van der Waals surface area contributed by atoms with E-state index in [4.69, 9.17) is 9.47 Å². The normalized spacial score (nSPS) is 10.3. The molecule has 28 heavy (non-hydrogen) atoms. The van der Waals surface area contributed by atoms with Gasteiger partial charge in [-0.05, 0) is 12.8 Å². The van der Waals surface area contributed by atoms with E-state index in [1.807, 2.05) is 18.7 Å². The molecule has 0 aliphatic rings. The molecule has 0 bridgehead atoms. The summed E-state index contributed by atoms with van der Waals surface area (Å²) in [6, 6.07) is 0. The number of hydrogen-bond acceptors (Lipinski definition) is 7. The van der Waals surface area contributed by atoms with Crippen LogP contribution in [0.4, 0.5) is 14.4 Å². The van der Waals surface area contributed by atoms with E-state index >= 15 is 0 Å². The summed E-state index contributed by atoms with van der Waals surface area (Å²) in [6.45, 7) is 7.40. The molecular weight excluding hydrogens is 368 g/mol. The summed E-state index contributed by atoms with van der Waals surface area (Å²) in [7, 11) is 1.29. The Balaban J connectivity index is 4.17. The molecule has 0 heterocycles. The maximum atomic E-state index is 11.6. The van der Waals surface area contributed by atoms with E-state index in [0.29, 0.717) is 39.3 Å². The minimum Gasteiger partial charge on any atom is -0.453 e. The average Bonchev–Trinajstić information content (AvgIpc) is 2.67. The zero-order valence-electron chi connectivity index (χ0n) is 17.4. The van der Waals surface area contributed by atoms with Crippen LogP contribution in [0.2, 0.25) is 0 Å². The molecule has 0 aromatic rings. The molecule has 0 aliphatic carbocycles. The van der Waals surface area contributed by atoms with Crippen molar-refractivity contribution in [2.75, 3.05) is 59.6 Å². The summed E-state index contributed by atoms with van der Waals surface area (Å²) < 4.78 is 14.8. The van der Waals surface area contributed by atoms with E-state index in [0.717, 1.165) is 25.7 Å². The van der Waals surface area contributed by atoms with Crippen molar-refractivity contribution in [1.29, 1.82) is 0 Å². The fraction of sp³-hybridized carbons (Fsp3) is 0.833. The lowest BCUT2D eigenvalue weighted by molar-refractivity contribution is 0.106. The molecular formula is C18H36N4O6. The van der Waals surface area contributed by atoms with Crippen molar-refractivity contribution in [1.82, 2.24) is 20.9 Å². The lowest BCUT2D eigenvalue weighted by Crippen LogP contribution is -2.39. The third-order valence-electron chi connectivity index (χ3n) is 3.76. The molecule has 0 atom stereocenters. The second kappa shape index (κ2) is 18.1. The highest BCUT2D eigenvalue weighted by molar-refractivity contribution is 5.67. The van der Waals surface area contributed by atoms with E-state index < -0.39 is 18.3 Å². The van der Waals surface area contributed by atoms with Crippen LogP contribution in [0.25, 0.3) is 0 Å². The van der Waals surface area contributed by atoms with Crippen molar-refractivity contribution in [2.45, 2.75) is 39.5 Å². The molecule has 10 nitrogen and oxygen atoms in total. The maximum Gasteiger partial charge on any atom is 0.407 e. The molecule has 10 heteroatoms. The quantitative estimate of drug-likeness (QED) is 0.281. The number of ether oxygens (including phenoxy) is 3. The molecule has 0 aromatic heterocycles. The van der Waals surface area contributed by atoms with Gasteiger partial charge in [0.1, 0.15) is 13.2 Å². The summed E-state index contributed by atoms with van der Waals surface area (Å²) in [5.74, 6) is 0. The Morgan fingerprint density at radius 1 is 0.714 bits per heavy atom. The molecule has 0 aliphatic heterocycles. The third kappa shape index (κ3) is 16.0. The number of nitrogens with zero attached hydrogens (tertiary/aromatic N) is 1. The van der Waals surface area contributed by atoms with Crippen molar-refractivity contribution < 1.29 is 28.6 Å². The molecule has 0 rings (SSSR count). The molecule has 0 fully saturated rings. The summed E-state index contributed by atoms with van der Waals surface area (Å²) in [5, 5.41) is 7.94. The van der Waals surface area contributed by atoms with Gasteiger partial charge in [-0.25, -0.2) is 14.4 Å². The third-order valence-corrected chi connectivity index (χ3v) is 3.76. The highest BCUT2D eigenvalue weighted by Gasteiger charge is 2.10. The number of nitrogens with one attached hydrogen (secondary N) is 3. The van der Waals surface area contributed by atoms with Crippen molar-refractivity contribution in [3.8, 4) is 0 Å². The monoisotopic (exact) mass is 404 g/mol. The van der Waals surface area contributed by atoms with Gasteiger partial charge in [0, 0.05) is 39.3 Å². The molecule has 0 spiro atoms. The van der Waals surface area contributed by atoms with E-state index in [1.165, 1.54) is 7.11 Å². The summed E-state index contributed by atoms with van der Waals surface area (Å²) >= 11 is 0. The van der Waals surface area contributed by atoms with Crippen molar-refractivity contribution in [2.24, 2.45) is 0 Å². The Morgan fingerprint density at radius 2 is 1.18 bits per heavy atom. The summed E-state index contributed by atoms with van der Waals surface area (Å²) in [4.78, 5) is 36.2. The van der Waals surface area contributed by atoms with Gasteiger partial charge in [0.25, 0.3) is 0 Å². The first-order valence-electron chi connectivity index (χ1n) is 9.88. The van der Waals surface area contributed by atoms with Crippen molar-refractivity contribution >= 4 is 18.3 Å². The first kappa shape index (κ1) is 25.8. The topological polar surface area (TPSA) is 118 Å². The van der Waals surface area contributed by atoms with Gasteiger partial charge in [0.05, 0.1) is 7.11 Å². The van der Waals surface area contributed by atoms with E-state index in [9.17, 15) is 14.4 Å². The first-order chi connectivity index (χ1) is 13.5. The van der Waals surface area contributed by atoms with Crippen molar-refractivity contribution in [3.05, 3.63) is 0 Å². The van der Waals surface area contributed by atoms with Gasteiger partial charge in [0.15, 0.2) is 0 Å². The molecule has 3 N–H and O–H groups in total. The zero-order valence-corrected chi connectivity index (χ0v) is 17.4. The van der Waals surface area contributed by atoms with Gasteiger partial charge in [-0.3, -0.25) is 4.90 Å². The standard InChI is InChI=1S/C18H36N4O6/c1-4-6-8-19-17(24)27-14-12-22(11-10-21-16(23)26-3)13-15-28-18(25)20-9-7-5-2/h4-15H2,1-3H3,(H,19,24)(H,20,25)(H,21,23). The summed E-state index contributed by atoms with van der Waals surface area (Å²) in [6.07, 6.45) is 2.37. The number of carbonyl (C=O) groups excluding carboxylic acids is 3. The van der Waals surface area contributed by atoms with Crippen LogP contribution in [0.1, 0.15) is 39.5 Å². The Morgan fingerprint density at radius 3 is 1.61 bits per heavy atom. The Hall–Kier alpha value is -2.23. The smallest absolute Gasteiger partial charge is 0.407 e. The Labute approximate surface area is 167 Å². The minimum atomic E-state index is -0.516. The average molecular weight is 405 g/mol. The number of hydrogen-bond donors (Lipinski definition) is 3. The van der Waals surface area contributed by atoms with Crippen LogP contribution in [-0.4, -0.2) is 82.8 Å². The summed E-state index contributed by atoms with van der Waals surface area (Å²) in [5.41, 5.74) is 0. The molecule has 0 saturated carbocycles. The van der Waals surface area contributed by atoms with Crippen LogP contribution >= 0.6 is 0 Å². The van der Waals surface area contributed by atoms with E-state index in [2.05, 4.69) is 20.7 Å². The number of rotatable bonds is 15. The molecule has 0 unspecified atom stereocenters. The predicted molar refractivity (Wildman–Crippen MR) is 105 cm³/mol. The molecule has 164 valence electrons. The number of unbranched alkanes of at least 4 members (excludes halogenated alkanes) is 2. The Bertz CT molecular complexity index is 408. The van der Waals surface area contributed by atoms with Crippen LogP contribution in [0.3, 0.4) is 0 Å². The molecule has 0 aromatic carbocycles. The zero-order chi connectivity index (χ0) is 21.0. The van der Waals surface area contributed by atoms with Crippen LogP contribution < -0.4 is 16.0 Å². The number of amides is 3. The predicted octanol–water partition coefficient (Wildman–Crippen LogP) is 1.70. The van der Waals surface area contributed by atoms with Crippen LogP contribution in [-0.2, 0) is 14.2 Å². The van der Waals surface area contributed by atoms with Gasteiger partial charge in [-0.15, -0.1) is 0 Å². The maximum absolute atomic E-state index is 11.6. The fourth-order valence-corrected chi connectivity index (χ4v) is 2.10. The van der Waals surface area contributed by atoms with Crippen LogP contribution in [0.15, 0.2) is 0 Å². The Kier molecular flexibility index (Phi) is 16.7. The SMILES string of the molecule is CCCCNC(=O)OCCN(CCNC(=O)OC)CCOC(=O)NCCCC. The highest BCUT2D eigenvalue weighted by atomic mass is 16.6. The fourth-order valence-electron chi connectivity index (χ4n) is 2.10. The van der Waals surface area contributed by atoms with Gasteiger partial charge < -0.3 is 30.2 Å². The first-order valence-corrected chi connectivity index (χ1v) is 9.88. The second-order valence-corrected chi connectivity index (χ2v) is 6.09. The van der Waals surface area contributed by atoms with Gasteiger partial charge in [-0.2, -0.15) is 0 Å². The van der Waals surface area contributed by atoms with Gasteiger partial charge in [-0.1, -0.05) is 26.7 Å². The molecule has 3 amide bonds. The number of methoxy groups -OCH3 is 1. The minimum absolute atomic E-state index is 0.193. The lowest BCUT2D eigenvalue weighted by Gasteiger charge is -2.22. The van der Waals surface area contributed by atoms with E-state index in [1.54, 1.807) is 0 Å². The van der Waals surface area contributed by atoms with Gasteiger partial charge >= 0.3 is 18.3 Å². The van der Waals surface area contributed by atoms with Crippen molar-refractivity contribution in [3.63, 3.8) is 0 Å². The van der Waals surface area contributed by atoms with E-state index in [-0.39, 0.29) is 13.2 Å². The lowest BCUT2D eigenvalue weighted by atomic mass is 10.3. The molecule has 0 saturated heterocycles. The molecule has 0 radical (unpaired) electrons. The highest BCUT2D eigenvalue weighted by Crippen LogP contribution is 1.92. The van der Waals surface area contributed by atoms with Gasteiger partial charge in [0.2, 0.25) is 0 Å². The largest absolute Gasteiger partial charge is 0.453 e. The van der Waals surface area contributed by atoms with Crippen LogP contribution in [0, 0.1) is 0 Å². The second-order valence-electron chi connectivity index (χ2n) is 6.09. The van der Waals surface area contributed by atoms with Crippen LogP contribution in [0.5, 0.6) is 0 Å². The number of carbonyl (C=O) groups is 3. The number of alkyl carbamates (subject to hydrolysis) is 3.